The Hall–Kier alpha value is -2.93. The van der Waals surface area contributed by atoms with E-state index in [-0.39, 0.29) is 11.5 Å². The van der Waals surface area contributed by atoms with Gasteiger partial charge in [-0.25, -0.2) is 4.98 Å². The number of aliphatic carboxylic acids is 1. The van der Waals surface area contributed by atoms with Crippen molar-refractivity contribution in [3.63, 3.8) is 0 Å². The molecule has 2 N–H and O–H groups in total. The van der Waals surface area contributed by atoms with Crippen molar-refractivity contribution in [2.75, 3.05) is 0 Å². The maximum Gasteiger partial charge on any atom is 0.320 e. The molecule has 0 bridgehead atoms. The van der Waals surface area contributed by atoms with Crippen molar-refractivity contribution in [3.05, 3.63) is 51.9 Å². The Morgan fingerprint density at radius 2 is 1.96 bits per heavy atom. The Morgan fingerprint density at radius 1 is 1.25 bits per heavy atom. The summed E-state index contributed by atoms with van der Waals surface area (Å²) in [5.41, 5.74) is 4.31. The van der Waals surface area contributed by atoms with Gasteiger partial charge in [-0.05, 0) is 36.6 Å². The first kappa shape index (κ1) is 19.8. The lowest BCUT2D eigenvalue weighted by atomic mass is 10.0. The third kappa shape index (κ3) is 3.71. The number of hydrogen-bond donors (Lipinski definition) is 2. The van der Waals surface area contributed by atoms with Gasteiger partial charge in [0.25, 0.3) is 5.56 Å². The van der Waals surface area contributed by atoms with E-state index in [1.54, 1.807) is 24.7 Å². The van der Waals surface area contributed by atoms with Crippen LogP contribution in [0.5, 0.6) is 0 Å². The first-order valence-electron chi connectivity index (χ1n) is 9.28. The maximum atomic E-state index is 12.0. The topological polar surface area (TPSA) is 89.2 Å². The third-order valence-corrected chi connectivity index (χ3v) is 5.02. The Balaban J connectivity index is 1.94. The van der Waals surface area contributed by atoms with Gasteiger partial charge in [0.2, 0.25) is 0 Å². The van der Waals surface area contributed by atoms with Crippen LogP contribution in [0, 0.1) is 12.8 Å². The van der Waals surface area contributed by atoms with E-state index in [2.05, 4.69) is 5.32 Å². The summed E-state index contributed by atoms with van der Waals surface area (Å²) in [4.78, 5) is 28.1. The number of benzene rings is 1. The molecule has 7 heteroatoms. The summed E-state index contributed by atoms with van der Waals surface area (Å²) < 4.78 is 3.57. The molecule has 7 nitrogen and oxygen atoms in total. The summed E-state index contributed by atoms with van der Waals surface area (Å²) >= 11 is 0. The number of aryl methyl sites for hydroxylation is 3. The van der Waals surface area contributed by atoms with E-state index in [9.17, 15) is 14.7 Å². The van der Waals surface area contributed by atoms with Crippen LogP contribution in [0.25, 0.3) is 22.4 Å². The van der Waals surface area contributed by atoms with Crippen LogP contribution in [0.4, 0.5) is 0 Å². The number of hydrogen-bond acceptors (Lipinski definition) is 4. The minimum Gasteiger partial charge on any atom is -0.480 e. The fraction of sp³-hybridized carbons (Fsp3) is 0.381. The zero-order valence-corrected chi connectivity index (χ0v) is 16.9. The SMILES string of the molecule is Cc1cc(-c2nc3cc(CNC(C(=O)O)C(C)C)ccc3n2C)cn(C)c1=O. The molecule has 1 atom stereocenters. The molecular formula is C21H26N4O3. The Kier molecular flexibility index (Phi) is 5.38. The molecule has 0 radical (unpaired) electrons. The molecule has 2 aromatic heterocycles. The second kappa shape index (κ2) is 7.59. The Bertz CT molecular complexity index is 1070. The molecule has 0 fully saturated rings. The molecule has 1 unspecified atom stereocenters. The lowest BCUT2D eigenvalue weighted by Crippen LogP contribution is -2.40. The summed E-state index contributed by atoms with van der Waals surface area (Å²) in [7, 11) is 3.68. The van der Waals surface area contributed by atoms with E-state index in [1.165, 1.54) is 0 Å². The number of carboxylic acids is 1. The van der Waals surface area contributed by atoms with Gasteiger partial charge in [-0.2, -0.15) is 0 Å². The van der Waals surface area contributed by atoms with E-state index in [0.29, 0.717) is 12.1 Å². The predicted octanol–water partition coefficient (Wildman–Crippen LogP) is 2.45. The van der Waals surface area contributed by atoms with Crippen molar-refractivity contribution < 1.29 is 9.90 Å². The van der Waals surface area contributed by atoms with Gasteiger partial charge in [0, 0.05) is 38.0 Å². The zero-order chi connectivity index (χ0) is 20.6. The van der Waals surface area contributed by atoms with Gasteiger partial charge >= 0.3 is 5.97 Å². The van der Waals surface area contributed by atoms with Crippen molar-refractivity contribution in [1.29, 1.82) is 0 Å². The van der Waals surface area contributed by atoms with Gasteiger partial charge in [0.1, 0.15) is 11.9 Å². The van der Waals surface area contributed by atoms with Crippen LogP contribution >= 0.6 is 0 Å². The van der Waals surface area contributed by atoms with E-state index in [0.717, 1.165) is 28.0 Å². The number of carboxylic acid groups (broad SMARTS) is 1. The summed E-state index contributed by atoms with van der Waals surface area (Å²) in [6, 6.07) is 7.20. The lowest BCUT2D eigenvalue weighted by molar-refractivity contribution is -0.140. The molecule has 28 heavy (non-hydrogen) atoms. The van der Waals surface area contributed by atoms with Crippen molar-refractivity contribution >= 4 is 17.0 Å². The first-order chi connectivity index (χ1) is 13.2. The number of fused-ring (bicyclic) bond motifs is 1. The fourth-order valence-corrected chi connectivity index (χ4v) is 3.45. The second-order valence-corrected chi connectivity index (χ2v) is 7.59. The van der Waals surface area contributed by atoms with Crippen LogP contribution in [0.3, 0.4) is 0 Å². The molecular weight excluding hydrogens is 356 g/mol. The molecule has 148 valence electrons. The number of nitrogens with one attached hydrogen (secondary N) is 1. The Labute approximate surface area is 163 Å². The standard InChI is InChI=1S/C21H26N4O3/c1-12(2)18(21(27)28)22-10-14-6-7-17-16(9-14)23-19(25(17)5)15-8-13(3)20(26)24(4)11-15/h6-9,11-12,18,22H,10H2,1-5H3,(H,27,28). The highest BCUT2D eigenvalue weighted by atomic mass is 16.4. The molecule has 0 amide bonds. The van der Waals surface area contributed by atoms with Gasteiger partial charge in [-0.15, -0.1) is 0 Å². The lowest BCUT2D eigenvalue weighted by Gasteiger charge is -2.17. The number of nitrogens with zero attached hydrogens (tertiary/aromatic N) is 3. The van der Waals surface area contributed by atoms with E-state index in [4.69, 9.17) is 4.98 Å². The van der Waals surface area contributed by atoms with E-state index >= 15 is 0 Å². The summed E-state index contributed by atoms with van der Waals surface area (Å²) in [5.74, 6) is -0.0682. The Morgan fingerprint density at radius 3 is 2.57 bits per heavy atom. The fourth-order valence-electron chi connectivity index (χ4n) is 3.45. The number of imidazole rings is 1. The smallest absolute Gasteiger partial charge is 0.320 e. The first-order valence-corrected chi connectivity index (χ1v) is 9.28. The van der Waals surface area contributed by atoms with Crippen LogP contribution < -0.4 is 10.9 Å². The molecule has 1 aromatic carbocycles. The third-order valence-electron chi connectivity index (χ3n) is 5.02. The molecule has 0 aliphatic heterocycles. The van der Waals surface area contributed by atoms with Crippen molar-refractivity contribution in [2.24, 2.45) is 20.0 Å². The minimum atomic E-state index is -0.846. The van der Waals surface area contributed by atoms with Gasteiger partial charge in [-0.1, -0.05) is 19.9 Å². The van der Waals surface area contributed by atoms with Crippen LogP contribution in [0.1, 0.15) is 25.0 Å². The summed E-state index contributed by atoms with van der Waals surface area (Å²) in [6.45, 7) is 6.02. The number of pyridine rings is 1. The second-order valence-electron chi connectivity index (χ2n) is 7.59. The van der Waals surface area contributed by atoms with Gasteiger partial charge < -0.3 is 19.6 Å². The molecule has 0 spiro atoms. The molecule has 0 saturated heterocycles. The van der Waals surface area contributed by atoms with Crippen molar-refractivity contribution in [1.82, 2.24) is 19.4 Å². The molecule has 0 aliphatic rings. The zero-order valence-electron chi connectivity index (χ0n) is 16.9. The highest BCUT2D eigenvalue weighted by Crippen LogP contribution is 2.24. The van der Waals surface area contributed by atoms with Gasteiger partial charge in [0.05, 0.1) is 11.0 Å². The van der Waals surface area contributed by atoms with Crippen LogP contribution in [0.15, 0.2) is 35.3 Å². The molecule has 2 heterocycles. The number of rotatable bonds is 6. The predicted molar refractivity (Wildman–Crippen MR) is 109 cm³/mol. The monoisotopic (exact) mass is 382 g/mol. The molecule has 3 rings (SSSR count). The van der Waals surface area contributed by atoms with E-state index < -0.39 is 12.0 Å². The van der Waals surface area contributed by atoms with Crippen LogP contribution in [-0.4, -0.2) is 31.2 Å². The van der Waals surface area contributed by atoms with Gasteiger partial charge in [-0.3, -0.25) is 9.59 Å². The molecule has 0 aliphatic carbocycles. The minimum absolute atomic E-state index is 0.00403. The summed E-state index contributed by atoms with van der Waals surface area (Å²) in [6.07, 6.45) is 1.79. The number of aromatic nitrogens is 3. The molecule has 3 aromatic rings. The maximum absolute atomic E-state index is 12.0. The highest BCUT2D eigenvalue weighted by Gasteiger charge is 2.20. The molecule has 0 saturated carbocycles. The average molecular weight is 382 g/mol. The van der Waals surface area contributed by atoms with Crippen molar-refractivity contribution in [2.45, 2.75) is 33.4 Å². The van der Waals surface area contributed by atoms with Crippen LogP contribution in [0.2, 0.25) is 0 Å². The summed E-state index contributed by atoms with van der Waals surface area (Å²) in [5, 5.41) is 12.4. The van der Waals surface area contributed by atoms with E-state index in [1.807, 2.05) is 49.7 Å². The average Bonchev–Trinajstić information content (AvgIpc) is 2.95. The largest absolute Gasteiger partial charge is 0.480 e. The van der Waals surface area contributed by atoms with Crippen molar-refractivity contribution in [3.8, 4) is 11.4 Å². The van der Waals surface area contributed by atoms with Gasteiger partial charge in [0.15, 0.2) is 0 Å². The quantitative estimate of drug-likeness (QED) is 0.684. The van der Waals surface area contributed by atoms with Crippen LogP contribution in [-0.2, 0) is 25.4 Å². The highest BCUT2D eigenvalue weighted by molar-refractivity contribution is 5.81. The normalized spacial score (nSPS) is 12.6. The number of carbonyl (C=O) groups is 1.